The number of hydrogen-bond acceptors (Lipinski definition) is 5. The van der Waals surface area contributed by atoms with Gasteiger partial charge in [0.25, 0.3) is 0 Å². The topological polar surface area (TPSA) is 89.8 Å². The average Bonchev–Trinajstić information content (AvgIpc) is 2.48. The van der Waals surface area contributed by atoms with Gasteiger partial charge in [-0.05, 0) is 30.3 Å². The minimum atomic E-state index is -9.83. The summed E-state index contributed by atoms with van der Waals surface area (Å²) in [5.41, 5.74) is -0.615. The highest BCUT2D eigenvalue weighted by Crippen LogP contribution is 3.02. The summed E-state index contributed by atoms with van der Waals surface area (Å²) in [6.45, 7) is -0.604. The first-order valence-corrected chi connectivity index (χ1v) is 8.49. The van der Waals surface area contributed by atoms with Gasteiger partial charge < -0.3 is 20.6 Å². The van der Waals surface area contributed by atoms with Crippen LogP contribution in [-0.2, 0) is 0 Å². The second-order valence-corrected chi connectivity index (χ2v) is 7.55. The molecular formula is C14H12F5NO4S. The lowest BCUT2D eigenvalue weighted by atomic mass is 10.1. The van der Waals surface area contributed by atoms with Crippen molar-refractivity contribution in [2.24, 2.45) is 0 Å². The zero-order valence-electron chi connectivity index (χ0n) is 12.2. The molecule has 2 aromatic rings. The summed E-state index contributed by atoms with van der Waals surface area (Å²) in [6, 6.07) is 3.91. The number of aromatic hydroxyl groups is 3. The second-order valence-electron chi connectivity index (χ2n) is 5.14. The van der Waals surface area contributed by atoms with Gasteiger partial charge in [-0.2, -0.15) is 0 Å². The lowest BCUT2D eigenvalue weighted by Crippen LogP contribution is -2.14. The van der Waals surface area contributed by atoms with E-state index < -0.39 is 44.7 Å². The van der Waals surface area contributed by atoms with Crippen LogP contribution in [0.15, 0.2) is 41.3 Å². The molecule has 5 nitrogen and oxygen atoms in total. The Bertz CT molecular complexity index is 831. The molecule has 0 atom stereocenters. The summed E-state index contributed by atoms with van der Waals surface area (Å²) in [7, 11) is -9.83. The molecular weight excluding hydrogens is 373 g/mol. The van der Waals surface area contributed by atoms with Gasteiger partial charge >= 0.3 is 10.2 Å². The molecule has 0 spiro atoms. The van der Waals surface area contributed by atoms with Crippen LogP contribution >= 0.6 is 10.2 Å². The van der Waals surface area contributed by atoms with Crippen LogP contribution in [0.5, 0.6) is 17.2 Å². The Labute approximate surface area is 138 Å². The van der Waals surface area contributed by atoms with Gasteiger partial charge in [0.1, 0.15) is 4.90 Å². The third kappa shape index (κ3) is 4.44. The van der Waals surface area contributed by atoms with E-state index in [1.165, 1.54) is 0 Å². The van der Waals surface area contributed by atoms with E-state index in [1.807, 2.05) is 0 Å². The molecule has 0 amide bonds. The van der Waals surface area contributed by atoms with E-state index in [-0.39, 0.29) is 23.4 Å². The van der Waals surface area contributed by atoms with Crippen molar-refractivity contribution in [3.05, 3.63) is 42.0 Å². The number of hydrogen-bond donors (Lipinski definition) is 4. The van der Waals surface area contributed by atoms with Crippen LogP contribution in [0, 0.1) is 0 Å². The van der Waals surface area contributed by atoms with E-state index in [1.54, 1.807) is 0 Å². The third-order valence-corrected chi connectivity index (χ3v) is 4.27. The number of ketones is 1. The van der Waals surface area contributed by atoms with E-state index in [0.717, 1.165) is 24.3 Å². The maximum Gasteiger partial charge on any atom is 0.310 e. The van der Waals surface area contributed by atoms with Crippen LogP contribution in [-0.4, -0.2) is 27.6 Å². The molecule has 138 valence electrons. The van der Waals surface area contributed by atoms with Crippen LogP contribution < -0.4 is 5.32 Å². The van der Waals surface area contributed by atoms with Crippen LogP contribution in [0.3, 0.4) is 0 Å². The van der Waals surface area contributed by atoms with Gasteiger partial charge in [-0.15, -0.1) is 0 Å². The van der Waals surface area contributed by atoms with Gasteiger partial charge in [-0.3, -0.25) is 4.79 Å². The molecule has 2 rings (SSSR count). The minimum Gasteiger partial charge on any atom is -0.504 e. The van der Waals surface area contributed by atoms with Crippen molar-refractivity contribution in [1.29, 1.82) is 0 Å². The number of phenolic OH excluding ortho intramolecular Hbond substituents is 3. The Morgan fingerprint density at radius 1 is 0.960 bits per heavy atom. The summed E-state index contributed by atoms with van der Waals surface area (Å²) in [6.07, 6.45) is 0. The number of phenols is 3. The minimum absolute atomic E-state index is 0.181. The summed E-state index contributed by atoms with van der Waals surface area (Å²) < 4.78 is 63.7. The fourth-order valence-corrected chi connectivity index (χ4v) is 2.58. The summed E-state index contributed by atoms with van der Waals surface area (Å²) >= 11 is 0. The van der Waals surface area contributed by atoms with E-state index in [0.29, 0.717) is 0 Å². The highest BCUT2D eigenvalue weighted by molar-refractivity contribution is 8.45. The lowest BCUT2D eigenvalue weighted by molar-refractivity contribution is 0.100. The zero-order valence-corrected chi connectivity index (χ0v) is 13.0. The summed E-state index contributed by atoms with van der Waals surface area (Å²) in [4.78, 5) is 9.81. The molecule has 0 heterocycles. The fourth-order valence-electron chi connectivity index (χ4n) is 1.90. The first-order valence-electron chi connectivity index (χ1n) is 6.53. The molecule has 0 radical (unpaired) electrons. The highest BCUT2D eigenvalue weighted by atomic mass is 32.5. The Morgan fingerprint density at radius 3 is 2.04 bits per heavy atom. The van der Waals surface area contributed by atoms with Gasteiger partial charge in [0, 0.05) is 11.3 Å². The predicted molar refractivity (Wildman–Crippen MR) is 82.1 cm³/mol. The van der Waals surface area contributed by atoms with E-state index >= 15 is 0 Å². The highest BCUT2D eigenvalue weighted by Gasteiger charge is 2.65. The van der Waals surface area contributed by atoms with Crippen LogP contribution in [0.25, 0.3) is 0 Å². The molecule has 25 heavy (non-hydrogen) atoms. The molecule has 0 aliphatic rings. The number of carbonyl (C=O) groups is 1. The molecule has 0 fully saturated rings. The van der Waals surface area contributed by atoms with Crippen LogP contribution in [0.4, 0.5) is 25.1 Å². The molecule has 0 bridgehead atoms. The predicted octanol–water partition coefficient (Wildman–Crippen LogP) is 4.76. The van der Waals surface area contributed by atoms with Crippen LogP contribution in [0.1, 0.15) is 10.4 Å². The van der Waals surface area contributed by atoms with Crippen molar-refractivity contribution in [1.82, 2.24) is 0 Å². The molecule has 0 aromatic heterocycles. The van der Waals surface area contributed by atoms with Gasteiger partial charge in [-0.25, -0.2) is 0 Å². The maximum atomic E-state index is 12.7. The number of rotatable bonds is 5. The molecule has 0 aliphatic carbocycles. The SMILES string of the molecule is O=C(CNc1cccc(S(F)(F)(F)(F)F)c1)c1cc(O)c(O)c(O)c1. The largest absolute Gasteiger partial charge is 0.504 e. The van der Waals surface area contributed by atoms with E-state index in [9.17, 15) is 39.5 Å². The third-order valence-electron chi connectivity index (χ3n) is 3.12. The Kier molecular flexibility index (Phi) is 3.84. The van der Waals surface area contributed by atoms with E-state index in [2.05, 4.69) is 5.32 Å². The number of anilines is 1. The maximum absolute atomic E-state index is 12.7. The normalized spacial score (nSPS) is 14.4. The summed E-state index contributed by atoms with van der Waals surface area (Å²) in [5, 5.41) is 30.0. The number of benzene rings is 2. The van der Waals surface area contributed by atoms with Gasteiger partial charge in [-0.1, -0.05) is 25.5 Å². The van der Waals surface area contributed by atoms with E-state index in [4.69, 9.17) is 0 Å². The smallest absolute Gasteiger partial charge is 0.310 e. The van der Waals surface area contributed by atoms with Crippen molar-refractivity contribution in [3.8, 4) is 17.2 Å². The fraction of sp³-hybridized carbons (Fsp3) is 0.0714. The van der Waals surface area contributed by atoms with Crippen molar-refractivity contribution in [3.63, 3.8) is 0 Å². The lowest BCUT2D eigenvalue weighted by Gasteiger charge is -2.40. The van der Waals surface area contributed by atoms with Crippen molar-refractivity contribution >= 4 is 21.7 Å². The van der Waals surface area contributed by atoms with Gasteiger partial charge in [0.05, 0.1) is 6.54 Å². The second kappa shape index (κ2) is 5.15. The quantitative estimate of drug-likeness (QED) is 0.339. The molecule has 11 heteroatoms. The number of halogens is 5. The van der Waals surface area contributed by atoms with Crippen molar-refractivity contribution < 1.29 is 39.5 Å². The molecule has 2 aromatic carbocycles. The molecule has 4 N–H and O–H groups in total. The number of carbonyl (C=O) groups excluding carboxylic acids is 1. The molecule has 0 saturated carbocycles. The van der Waals surface area contributed by atoms with Crippen LogP contribution in [0.2, 0.25) is 0 Å². The Morgan fingerprint density at radius 2 is 1.52 bits per heavy atom. The standard InChI is InChI=1S/C14H12F5NO4S/c15-25(16,17,18,19)10-3-1-2-9(6-10)20-7-13(23)8-4-11(21)14(24)12(22)5-8/h1-6,20-22,24H,7H2. The monoisotopic (exact) mass is 385 g/mol. The van der Waals surface area contributed by atoms with Crippen molar-refractivity contribution in [2.45, 2.75) is 4.90 Å². The van der Waals surface area contributed by atoms with Gasteiger partial charge in [0.15, 0.2) is 23.0 Å². The molecule has 0 aliphatic heterocycles. The first-order chi connectivity index (χ1) is 11.2. The molecule has 0 unspecified atom stereocenters. The summed E-state index contributed by atoms with van der Waals surface area (Å²) in [5.74, 6) is -3.16. The number of Topliss-reactive ketones (excluding diaryl/α,β-unsaturated/α-hetero) is 1. The van der Waals surface area contributed by atoms with Crippen molar-refractivity contribution in [2.75, 3.05) is 11.9 Å². The zero-order chi connectivity index (χ0) is 19.1. The average molecular weight is 385 g/mol. The first kappa shape index (κ1) is 18.6. The van der Waals surface area contributed by atoms with Gasteiger partial charge in [0.2, 0.25) is 0 Å². The molecule has 0 saturated heterocycles. The number of nitrogens with one attached hydrogen (secondary N) is 1. The Hall–Kier alpha value is -2.69. The Balaban J connectivity index is 2.19.